The number of imidazole rings is 2. The van der Waals surface area contributed by atoms with Crippen molar-refractivity contribution in [2.75, 3.05) is 13.1 Å². The highest BCUT2D eigenvalue weighted by atomic mass is 16.2. The van der Waals surface area contributed by atoms with Gasteiger partial charge in [0.2, 0.25) is 0 Å². The first-order valence-corrected chi connectivity index (χ1v) is 8.43. The summed E-state index contributed by atoms with van der Waals surface area (Å²) in [5, 5.41) is 0. The van der Waals surface area contributed by atoms with E-state index in [9.17, 15) is 9.59 Å². The van der Waals surface area contributed by atoms with Crippen LogP contribution in [0, 0.1) is 0 Å². The van der Waals surface area contributed by atoms with Gasteiger partial charge in [0.05, 0.1) is 24.1 Å². The standard InChI is InChI=1S/C17H20N6O2/c1-3-22-13-5-4-7-19-15(13)23(17(22)25)12-6-8-21(10-12)16(24)14-9-18-11-20(14)2/h4-5,7,9,11-12H,3,6,8,10H2,1-2H3/t12-/m1/s1. The van der Waals surface area contributed by atoms with Crippen LogP contribution in [-0.4, -0.2) is 47.6 Å². The Balaban J connectivity index is 1.68. The molecule has 8 heteroatoms. The molecule has 0 saturated carbocycles. The maximum absolute atomic E-state index is 12.8. The van der Waals surface area contributed by atoms with Crippen molar-refractivity contribution in [1.29, 1.82) is 0 Å². The van der Waals surface area contributed by atoms with E-state index in [-0.39, 0.29) is 17.6 Å². The Morgan fingerprint density at radius 1 is 1.40 bits per heavy atom. The second-order valence-corrected chi connectivity index (χ2v) is 6.33. The summed E-state index contributed by atoms with van der Waals surface area (Å²) in [7, 11) is 1.80. The van der Waals surface area contributed by atoms with Crippen LogP contribution in [0.5, 0.6) is 0 Å². The molecule has 0 radical (unpaired) electrons. The summed E-state index contributed by atoms with van der Waals surface area (Å²) in [6.07, 6.45) is 5.63. The van der Waals surface area contributed by atoms with Crippen molar-refractivity contribution in [2.24, 2.45) is 7.05 Å². The highest BCUT2D eigenvalue weighted by Crippen LogP contribution is 2.25. The first-order valence-electron chi connectivity index (χ1n) is 8.43. The SMILES string of the molecule is CCn1c(=O)n([C@@H]2CCN(C(=O)c3cncn3C)C2)c2ncccc21. The molecule has 0 aromatic carbocycles. The van der Waals surface area contributed by atoms with Gasteiger partial charge in [-0.1, -0.05) is 0 Å². The average molecular weight is 340 g/mol. The number of nitrogens with zero attached hydrogens (tertiary/aromatic N) is 6. The minimum absolute atomic E-state index is 0.0530. The molecule has 1 amide bonds. The van der Waals surface area contributed by atoms with Crippen LogP contribution in [0.25, 0.3) is 11.2 Å². The van der Waals surface area contributed by atoms with Crippen LogP contribution < -0.4 is 5.69 Å². The van der Waals surface area contributed by atoms with Gasteiger partial charge in [0.1, 0.15) is 5.69 Å². The van der Waals surface area contributed by atoms with E-state index >= 15 is 0 Å². The third kappa shape index (κ3) is 2.36. The van der Waals surface area contributed by atoms with Crippen LogP contribution >= 0.6 is 0 Å². The molecule has 1 aliphatic rings. The van der Waals surface area contributed by atoms with Crippen LogP contribution in [0.15, 0.2) is 35.6 Å². The summed E-state index contributed by atoms with van der Waals surface area (Å²) in [4.78, 5) is 35.7. The minimum atomic E-state index is -0.0603. The molecule has 25 heavy (non-hydrogen) atoms. The summed E-state index contributed by atoms with van der Waals surface area (Å²) in [5.41, 5.74) is 2.03. The van der Waals surface area contributed by atoms with E-state index in [0.717, 1.165) is 11.9 Å². The number of hydrogen-bond donors (Lipinski definition) is 0. The molecule has 130 valence electrons. The lowest BCUT2D eigenvalue weighted by molar-refractivity contribution is 0.0778. The van der Waals surface area contributed by atoms with Crippen LogP contribution in [0.1, 0.15) is 29.9 Å². The number of pyridine rings is 1. The predicted octanol–water partition coefficient (Wildman–Crippen LogP) is 1.04. The van der Waals surface area contributed by atoms with Gasteiger partial charge in [-0.25, -0.2) is 14.8 Å². The van der Waals surface area contributed by atoms with Crippen LogP contribution in [0.3, 0.4) is 0 Å². The second-order valence-electron chi connectivity index (χ2n) is 6.33. The zero-order valence-corrected chi connectivity index (χ0v) is 14.3. The fraction of sp³-hybridized carbons (Fsp3) is 0.412. The van der Waals surface area contributed by atoms with Gasteiger partial charge < -0.3 is 9.47 Å². The lowest BCUT2D eigenvalue weighted by atomic mass is 10.2. The quantitative estimate of drug-likeness (QED) is 0.714. The number of carbonyl (C=O) groups excluding carboxylic acids is 1. The maximum Gasteiger partial charge on any atom is 0.330 e. The van der Waals surface area contributed by atoms with Crippen LogP contribution in [0.4, 0.5) is 0 Å². The zero-order valence-electron chi connectivity index (χ0n) is 14.3. The molecule has 3 aromatic rings. The molecular formula is C17H20N6O2. The van der Waals surface area contributed by atoms with Crippen molar-refractivity contribution in [3.63, 3.8) is 0 Å². The first kappa shape index (κ1) is 15.6. The van der Waals surface area contributed by atoms with Crippen molar-refractivity contribution in [3.05, 3.63) is 47.0 Å². The van der Waals surface area contributed by atoms with Crippen molar-refractivity contribution < 1.29 is 4.79 Å². The van der Waals surface area contributed by atoms with Gasteiger partial charge in [-0.3, -0.25) is 13.9 Å². The van der Waals surface area contributed by atoms with Crippen molar-refractivity contribution in [2.45, 2.75) is 25.9 Å². The number of aryl methyl sites for hydroxylation is 2. The Labute approximate surface area is 144 Å². The molecule has 1 aliphatic heterocycles. The summed E-state index contributed by atoms with van der Waals surface area (Å²) in [6, 6.07) is 3.69. The number of fused-ring (bicyclic) bond motifs is 1. The molecule has 0 bridgehead atoms. The Morgan fingerprint density at radius 2 is 2.24 bits per heavy atom. The fourth-order valence-corrected chi connectivity index (χ4v) is 3.61. The van der Waals surface area contributed by atoms with E-state index in [0.29, 0.717) is 31.0 Å². The molecule has 0 aliphatic carbocycles. The van der Waals surface area contributed by atoms with E-state index in [1.54, 1.807) is 44.4 Å². The van der Waals surface area contributed by atoms with E-state index in [2.05, 4.69) is 9.97 Å². The fourth-order valence-electron chi connectivity index (χ4n) is 3.61. The Hall–Kier alpha value is -2.90. The van der Waals surface area contributed by atoms with Gasteiger partial charge in [0, 0.05) is 32.9 Å². The molecular weight excluding hydrogens is 320 g/mol. The lowest BCUT2D eigenvalue weighted by Gasteiger charge is -2.17. The van der Waals surface area contributed by atoms with Gasteiger partial charge in [-0.15, -0.1) is 0 Å². The van der Waals surface area contributed by atoms with Gasteiger partial charge in [-0.05, 0) is 25.5 Å². The number of hydrogen-bond acceptors (Lipinski definition) is 4. The number of carbonyl (C=O) groups is 1. The molecule has 4 rings (SSSR count). The first-order chi connectivity index (χ1) is 12.1. The molecule has 0 N–H and O–H groups in total. The third-order valence-electron chi connectivity index (χ3n) is 4.89. The highest BCUT2D eigenvalue weighted by molar-refractivity contribution is 5.92. The molecule has 0 unspecified atom stereocenters. The maximum atomic E-state index is 12.8. The number of likely N-dealkylation sites (tertiary alicyclic amines) is 1. The molecule has 3 aromatic heterocycles. The molecule has 0 spiro atoms. The van der Waals surface area contributed by atoms with E-state index in [4.69, 9.17) is 0 Å². The molecule has 1 atom stereocenters. The van der Waals surface area contributed by atoms with Gasteiger partial charge in [0.15, 0.2) is 5.65 Å². The van der Waals surface area contributed by atoms with E-state index < -0.39 is 0 Å². The summed E-state index contributed by atoms with van der Waals surface area (Å²) >= 11 is 0. The molecule has 8 nitrogen and oxygen atoms in total. The summed E-state index contributed by atoms with van der Waals surface area (Å²) in [6.45, 7) is 3.67. The van der Waals surface area contributed by atoms with Crippen molar-refractivity contribution in [3.8, 4) is 0 Å². The number of aromatic nitrogens is 5. The summed E-state index contributed by atoms with van der Waals surface area (Å²) in [5.74, 6) is -0.0530. The zero-order chi connectivity index (χ0) is 17.6. The predicted molar refractivity (Wildman–Crippen MR) is 92.4 cm³/mol. The van der Waals surface area contributed by atoms with Crippen LogP contribution in [-0.2, 0) is 13.6 Å². The van der Waals surface area contributed by atoms with Crippen LogP contribution in [0.2, 0.25) is 0 Å². The van der Waals surface area contributed by atoms with Crippen molar-refractivity contribution >= 4 is 17.1 Å². The molecule has 1 fully saturated rings. The van der Waals surface area contributed by atoms with E-state index in [1.165, 1.54) is 0 Å². The largest absolute Gasteiger partial charge is 0.335 e. The Morgan fingerprint density at radius 3 is 2.96 bits per heavy atom. The summed E-state index contributed by atoms with van der Waals surface area (Å²) < 4.78 is 5.19. The molecule has 1 saturated heterocycles. The van der Waals surface area contributed by atoms with Gasteiger partial charge in [-0.2, -0.15) is 0 Å². The minimum Gasteiger partial charge on any atom is -0.335 e. The average Bonchev–Trinajstić information content (AvgIpc) is 3.31. The third-order valence-corrected chi connectivity index (χ3v) is 4.89. The Kier molecular flexibility index (Phi) is 3.67. The van der Waals surface area contributed by atoms with Gasteiger partial charge in [0.25, 0.3) is 5.91 Å². The lowest BCUT2D eigenvalue weighted by Crippen LogP contribution is -2.32. The smallest absolute Gasteiger partial charge is 0.330 e. The number of rotatable bonds is 3. The Bertz CT molecular complexity index is 998. The van der Waals surface area contributed by atoms with Gasteiger partial charge >= 0.3 is 5.69 Å². The molecule has 4 heterocycles. The second kappa shape index (κ2) is 5.87. The van der Waals surface area contributed by atoms with Crippen molar-refractivity contribution in [1.82, 2.24) is 28.6 Å². The normalized spacial score (nSPS) is 17.5. The highest BCUT2D eigenvalue weighted by Gasteiger charge is 2.32. The number of amides is 1. The van der Waals surface area contributed by atoms with E-state index in [1.807, 2.05) is 19.1 Å². The monoisotopic (exact) mass is 340 g/mol. The topological polar surface area (TPSA) is 78.0 Å².